The fourth-order valence-corrected chi connectivity index (χ4v) is 2.19. The fraction of sp³-hybridized carbons (Fsp3) is 0. The van der Waals surface area contributed by atoms with Gasteiger partial charge in [-0.1, -0.05) is 11.6 Å². The summed E-state index contributed by atoms with van der Waals surface area (Å²) in [6, 6.07) is 6.80. The maximum atomic E-state index is 13.6. The van der Waals surface area contributed by atoms with Crippen LogP contribution < -0.4 is 10.6 Å². The van der Waals surface area contributed by atoms with Crippen molar-refractivity contribution in [2.75, 3.05) is 10.6 Å². The molecule has 2 aromatic carbocycles. The Bertz CT molecular complexity index is 967. The third kappa shape index (κ3) is 4.09. The van der Waals surface area contributed by atoms with E-state index in [1.54, 1.807) is 0 Å². The Labute approximate surface area is 150 Å². The van der Waals surface area contributed by atoms with E-state index in [0.717, 1.165) is 12.1 Å². The molecule has 0 unspecified atom stereocenters. The molecule has 0 fully saturated rings. The third-order valence-electron chi connectivity index (χ3n) is 3.26. The highest BCUT2D eigenvalue weighted by molar-refractivity contribution is 6.31. The van der Waals surface area contributed by atoms with Crippen LogP contribution in [0.25, 0.3) is 0 Å². The molecule has 3 aromatic rings. The number of rotatable bonds is 4. The quantitative estimate of drug-likeness (QED) is 0.699. The van der Waals surface area contributed by atoms with Gasteiger partial charge in [0, 0.05) is 11.8 Å². The normalized spacial score (nSPS) is 10.5. The van der Waals surface area contributed by atoms with Gasteiger partial charge in [0.1, 0.15) is 29.0 Å². The molecule has 0 saturated carbocycles. The summed E-state index contributed by atoms with van der Waals surface area (Å²) in [5.41, 5.74) is 0.231. The topological polar surface area (TPSA) is 66.9 Å². The van der Waals surface area contributed by atoms with E-state index < -0.39 is 23.4 Å². The molecule has 132 valence electrons. The lowest BCUT2D eigenvalue weighted by atomic mass is 10.3. The molecule has 5 nitrogen and oxygen atoms in total. The number of aromatic nitrogens is 2. The first kappa shape index (κ1) is 17.7. The molecule has 1 aromatic heterocycles. The minimum Gasteiger partial charge on any atom is -0.339 e. The van der Waals surface area contributed by atoms with Gasteiger partial charge in [0.25, 0.3) is 5.91 Å². The smallest absolute Gasteiger partial charge is 0.275 e. The first-order valence-electron chi connectivity index (χ1n) is 7.23. The molecule has 1 heterocycles. The zero-order valence-electron chi connectivity index (χ0n) is 12.9. The Morgan fingerprint density at radius 2 is 1.77 bits per heavy atom. The Hall–Kier alpha value is -3.13. The van der Waals surface area contributed by atoms with Crippen molar-refractivity contribution in [3.8, 4) is 0 Å². The van der Waals surface area contributed by atoms with Gasteiger partial charge in [0.15, 0.2) is 0 Å². The van der Waals surface area contributed by atoms with E-state index in [2.05, 4.69) is 20.6 Å². The maximum Gasteiger partial charge on any atom is 0.275 e. The van der Waals surface area contributed by atoms with Crippen LogP contribution in [0.3, 0.4) is 0 Å². The molecule has 0 aliphatic heterocycles. The van der Waals surface area contributed by atoms with Gasteiger partial charge < -0.3 is 10.6 Å². The summed E-state index contributed by atoms with van der Waals surface area (Å²) in [5.74, 6) is -2.63. The summed E-state index contributed by atoms with van der Waals surface area (Å²) in [4.78, 5) is 20.0. The Morgan fingerprint density at radius 1 is 0.962 bits per heavy atom. The molecular weight excluding hydrogens is 369 g/mol. The van der Waals surface area contributed by atoms with Gasteiger partial charge in [-0.15, -0.1) is 0 Å². The van der Waals surface area contributed by atoms with E-state index in [0.29, 0.717) is 11.8 Å². The number of halogens is 4. The number of carbonyl (C=O) groups is 1. The maximum absolute atomic E-state index is 13.6. The average Bonchev–Trinajstić information content (AvgIpc) is 2.61. The Balaban J connectivity index is 1.70. The van der Waals surface area contributed by atoms with Gasteiger partial charge in [-0.2, -0.15) is 0 Å². The third-order valence-corrected chi connectivity index (χ3v) is 3.55. The first-order chi connectivity index (χ1) is 12.4. The lowest BCUT2D eigenvalue weighted by Gasteiger charge is -2.08. The van der Waals surface area contributed by atoms with Crippen LogP contribution in [0.4, 0.5) is 30.4 Å². The molecule has 0 radical (unpaired) electrons. The van der Waals surface area contributed by atoms with E-state index in [1.165, 1.54) is 30.6 Å². The minimum atomic E-state index is -0.905. The zero-order chi connectivity index (χ0) is 18.7. The number of amides is 1. The molecule has 3 rings (SSSR count). The fourth-order valence-electron chi connectivity index (χ4n) is 2.01. The van der Waals surface area contributed by atoms with Crippen molar-refractivity contribution < 1.29 is 18.0 Å². The molecule has 0 spiro atoms. The summed E-state index contributed by atoms with van der Waals surface area (Å²) in [7, 11) is 0. The van der Waals surface area contributed by atoms with Crippen molar-refractivity contribution in [3.63, 3.8) is 0 Å². The van der Waals surface area contributed by atoms with E-state index >= 15 is 0 Å². The lowest BCUT2D eigenvalue weighted by molar-refractivity contribution is 0.102. The SMILES string of the molecule is O=C(Nc1ccc(F)cc1F)c1cnc(Nc2ccc(F)c(Cl)c2)cn1. The van der Waals surface area contributed by atoms with Crippen molar-refractivity contribution in [1.82, 2.24) is 9.97 Å². The summed E-state index contributed by atoms with van der Waals surface area (Å²) in [6.07, 6.45) is 2.44. The highest BCUT2D eigenvalue weighted by Gasteiger charge is 2.12. The second kappa shape index (κ2) is 7.40. The number of hydrogen-bond donors (Lipinski definition) is 2. The highest BCUT2D eigenvalue weighted by Crippen LogP contribution is 2.22. The summed E-state index contributed by atoms with van der Waals surface area (Å²) < 4.78 is 39.6. The van der Waals surface area contributed by atoms with Gasteiger partial charge in [-0.3, -0.25) is 4.79 Å². The van der Waals surface area contributed by atoms with Gasteiger partial charge in [0.2, 0.25) is 0 Å². The molecule has 0 saturated heterocycles. The Kier molecular flexibility index (Phi) is 5.04. The van der Waals surface area contributed by atoms with Crippen LogP contribution in [0.15, 0.2) is 48.8 Å². The van der Waals surface area contributed by atoms with E-state index in [4.69, 9.17) is 11.6 Å². The van der Waals surface area contributed by atoms with E-state index in [1.807, 2.05) is 0 Å². The lowest BCUT2D eigenvalue weighted by Crippen LogP contribution is -2.15. The predicted molar refractivity (Wildman–Crippen MR) is 91.0 cm³/mol. The van der Waals surface area contributed by atoms with Crippen molar-refractivity contribution >= 4 is 34.7 Å². The van der Waals surface area contributed by atoms with E-state index in [9.17, 15) is 18.0 Å². The van der Waals surface area contributed by atoms with Crippen LogP contribution >= 0.6 is 11.6 Å². The van der Waals surface area contributed by atoms with Crippen LogP contribution in [-0.4, -0.2) is 15.9 Å². The monoisotopic (exact) mass is 378 g/mol. The molecule has 0 atom stereocenters. The molecule has 1 amide bonds. The van der Waals surface area contributed by atoms with Crippen LogP contribution in [0.5, 0.6) is 0 Å². The van der Waals surface area contributed by atoms with Gasteiger partial charge in [-0.05, 0) is 30.3 Å². The predicted octanol–water partition coefficient (Wildman–Crippen LogP) is 4.54. The van der Waals surface area contributed by atoms with Gasteiger partial charge in [-0.25, -0.2) is 23.1 Å². The van der Waals surface area contributed by atoms with Crippen molar-refractivity contribution in [3.05, 3.63) is 77.0 Å². The first-order valence-corrected chi connectivity index (χ1v) is 7.61. The van der Waals surface area contributed by atoms with Crippen molar-refractivity contribution in [1.29, 1.82) is 0 Å². The van der Waals surface area contributed by atoms with Gasteiger partial charge in [0.05, 0.1) is 23.1 Å². The summed E-state index contributed by atoms with van der Waals surface area (Å²) in [6.45, 7) is 0. The zero-order valence-corrected chi connectivity index (χ0v) is 13.7. The molecule has 0 aliphatic rings. The average molecular weight is 379 g/mol. The second-order valence-electron chi connectivity index (χ2n) is 5.12. The molecular formula is C17H10ClF3N4O. The number of carbonyl (C=O) groups excluding carboxylic acids is 1. The number of hydrogen-bond acceptors (Lipinski definition) is 4. The molecule has 26 heavy (non-hydrogen) atoms. The van der Waals surface area contributed by atoms with E-state index in [-0.39, 0.29) is 22.2 Å². The molecule has 2 N–H and O–H groups in total. The summed E-state index contributed by atoms with van der Waals surface area (Å²) >= 11 is 5.69. The van der Waals surface area contributed by atoms with Crippen LogP contribution in [0, 0.1) is 17.5 Å². The van der Waals surface area contributed by atoms with Gasteiger partial charge >= 0.3 is 0 Å². The van der Waals surface area contributed by atoms with Crippen LogP contribution in [0.1, 0.15) is 10.5 Å². The standard InChI is InChI=1S/C17H10ClF3N4O/c18-11-6-10(2-3-12(11)20)24-16-8-22-15(7-23-16)17(26)25-14-4-1-9(19)5-13(14)21/h1-8H,(H,23,24)(H,25,26). The Morgan fingerprint density at radius 3 is 2.42 bits per heavy atom. The van der Waals surface area contributed by atoms with Crippen LogP contribution in [0.2, 0.25) is 5.02 Å². The second-order valence-corrected chi connectivity index (χ2v) is 5.53. The highest BCUT2D eigenvalue weighted by atomic mass is 35.5. The number of benzene rings is 2. The number of anilines is 3. The van der Waals surface area contributed by atoms with Crippen molar-refractivity contribution in [2.45, 2.75) is 0 Å². The molecule has 0 bridgehead atoms. The van der Waals surface area contributed by atoms with Crippen molar-refractivity contribution in [2.24, 2.45) is 0 Å². The summed E-state index contributed by atoms with van der Waals surface area (Å²) in [5, 5.41) is 5.06. The molecule has 0 aliphatic carbocycles. The largest absolute Gasteiger partial charge is 0.339 e. The minimum absolute atomic E-state index is 0.0553. The molecule has 9 heteroatoms. The number of nitrogens with one attached hydrogen (secondary N) is 2. The number of nitrogens with zero attached hydrogens (tertiary/aromatic N) is 2. The van der Waals surface area contributed by atoms with Crippen LogP contribution in [-0.2, 0) is 0 Å².